The Balaban J connectivity index is 1.97. The highest BCUT2D eigenvalue weighted by Gasteiger charge is 2.15. The summed E-state index contributed by atoms with van der Waals surface area (Å²) in [6.45, 7) is 1.43. The Morgan fingerprint density at radius 2 is 2.33 bits per heavy atom. The van der Waals surface area contributed by atoms with Crippen molar-refractivity contribution < 1.29 is 9.21 Å². The van der Waals surface area contributed by atoms with Gasteiger partial charge in [0.2, 0.25) is 11.0 Å². The lowest BCUT2D eigenvalue weighted by Crippen LogP contribution is -2.22. The van der Waals surface area contributed by atoms with Crippen molar-refractivity contribution in [3.8, 4) is 0 Å². The predicted octanol–water partition coefficient (Wildman–Crippen LogP) is 3.93. The van der Waals surface area contributed by atoms with E-state index in [0.717, 1.165) is 10.2 Å². The minimum absolute atomic E-state index is 0.233. The molecule has 106 valence electrons. The highest BCUT2D eigenvalue weighted by Crippen LogP contribution is 2.30. The van der Waals surface area contributed by atoms with Crippen LogP contribution in [0.5, 0.6) is 0 Å². The summed E-state index contributed by atoms with van der Waals surface area (Å²) in [7, 11) is 0. The zero-order chi connectivity index (χ0) is 14.8. The lowest BCUT2D eigenvalue weighted by atomic mass is 10.3. The van der Waals surface area contributed by atoms with E-state index in [2.05, 4.69) is 10.1 Å². The van der Waals surface area contributed by atoms with Crippen LogP contribution in [0.15, 0.2) is 46.1 Å². The summed E-state index contributed by atoms with van der Waals surface area (Å²) in [6.07, 6.45) is 3.01. The largest absolute Gasteiger partial charge is 0.463 e. The third-order valence-electron chi connectivity index (χ3n) is 2.66. The van der Waals surface area contributed by atoms with Crippen LogP contribution in [-0.2, 0) is 4.79 Å². The number of carbonyl (C=O) groups excluding carboxylic acids is 1. The number of aromatic nitrogens is 1. The van der Waals surface area contributed by atoms with E-state index in [0.29, 0.717) is 15.9 Å². The average molecular weight is 320 g/mol. The lowest BCUT2D eigenvalue weighted by molar-refractivity contribution is -0.116. The number of hydrogen-bond acceptors (Lipinski definition) is 5. The van der Waals surface area contributed by atoms with Crippen molar-refractivity contribution in [1.82, 2.24) is 4.98 Å². The molecule has 0 saturated heterocycles. The first-order chi connectivity index (χ1) is 10.1. The molecule has 0 N–H and O–H groups in total. The number of thiazole rings is 1. The van der Waals surface area contributed by atoms with Crippen LogP contribution in [0.2, 0.25) is 5.02 Å². The molecular formula is C14H10ClN3O2S. The number of nitrogens with zero attached hydrogens (tertiary/aromatic N) is 3. The Hall–Kier alpha value is -2.18. The van der Waals surface area contributed by atoms with Crippen molar-refractivity contribution >= 4 is 50.4 Å². The fourth-order valence-corrected chi connectivity index (χ4v) is 2.97. The van der Waals surface area contributed by atoms with E-state index in [9.17, 15) is 4.79 Å². The van der Waals surface area contributed by atoms with Crippen molar-refractivity contribution in [2.45, 2.75) is 6.92 Å². The van der Waals surface area contributed by atoms with E-state index in [1.807, 2.05) is 12.1 Å². The van der Waals surface area contributed by atoms with E-state index < -0.39 is 0 Å². The fourth-order valence-electron chi connectivity index (χ4n) is 1.72. The number of benzene rings is 1. The summed E-state index contributed by atoms with van der Waals surface area (Å²) in [5.41, 5.74) is 0.777. The van der Waals surface area contributed by atoms with Crippen molar-refractivity contribution in [2.24, 2.45) is 5.10 Å². The Bertz CT molecular complexity index is 811. The lowest BCUT2D eigenvalue weighted by Gasteiger charge is -2.09. The number of hydrogen-bond donors (Lipinski definition) is 0. The molecular weight excluding hydrogens is 310 g/mol. The molecule has 0 aliphatic rings. The van der Waals surface area contributed by atoms with Crippen molar-refractivity contribution in [3.63, 3.8) is 0 Å². The molecule has 0 radical (unpaired) electrons. The number of anilines is 1. The van der Waals surface area contributed by atoms with E-state index in [-0.39, 0.29) is 5.91 Å². The predicted molar refractivity (Wildman–Crippen MR) is 84.1 cm³/mol. The highest BCUT2D eigenvalue weighted by molar-refractivity contribution is 7.22. The first-order valence-corrected chi connectivity index (χ1v) is 7.27. The Labute approximate surface area is 129 Å². The van der Waals surface area contributed by atoms with Gasteiger partial charge in [-0.1, -0.05) is 22.9 Å². The summed E-state index contributed by atoms with van der Waals surface area (Å²) in [4.78, 5) is 16.2. The molecule has 1 aromatic carbocycles. The monoisotopic (exact) mass is 319 g/mol. The van der Waals surface area contributed by atoms with Crippen LogP contribution in [-0.4, -0.2) is 17.1 Å². The second-order valence-corrected chi connectivity index (χ2v) is 5.64. The minimum atomic E-state index is -0.233. The van der Waals surface area contributed by atoms with E-state index >= 15 is 0 Å². The van der Waals surface area contributed by atoms with E-state index in [4.69, 9.17) is 16.0 Å². The number of carbonyl (C=O) groups is 1. The van der Waals surface area contributed by atoms with Gasteiger partial charge in [0.05, 0.1) is 22.7 Å². The third-order valence-corrected chi connectivity index (χ3v) is 3.89. The number of fused-ring (bicyclic) bond motifs is 1. The molecule has 2 heterocycles. The molecule has 0 saturated carbocycles. The third kappa shape index (κ3) is 2.96. The van der Waals surface area contributed by atoms with Gasteiger partial charge < -0.3 is 4.42 Å². The molecule has 0 spiro atoms. The first-order valence-electron chi connectivity index (χ1n) is 6.08. The SMILES string of the molecule is CC(=O)N(N=Cc1ccco1)c1nc2ccc(Cl)cc2s1. The number of hydrazone groups is 1. The van der Waals surface area contributed by atoms with Gasteiger partial charge >= 0.3 is 0 Å². The summed E-state index contributed by atoms with van der Waals surface area (Å²) in [6, 6.07) is 8.88. The molecule has 0 unspecified atom stereocenters. The second kappa shape index (κ2) is 5.67. The van der Waals surface area contributed by atoms with Crippen LogP contribution < -0.4 is 5.01 Å². The normalized spacial score (nSPS) is 11.3. The van der Waals surface area contributed by atoms with Crippen molar-refractivity contribution in [2.75, 3.05) is 5.01 Å². The van der Waals surface area contributed by atoms with Gasteiger partial charge in [0, 0.05) is 11.9 Å². The quantitative estimate of drug-likeness (QED) is 0.543. The Morgan fingerprint density at radius 1 is 1.48 bits per heavy atom. The maximum absolute atomic E-state index is 11.8. The van der Waals surface area contributed by atoms with Gasteiger partial charge in [-0.2, -0.15) is 10.1 Å². The van der Waals surface area contributed by atoms with Crippen LogP contribution >= 0.6 is 22.9 Å². The van der Waals surface area contributed by atoms with Gasteiger partial charge in [-0.05, 0) is 30.3 Å². The van der Waals surface area contributed by atoms with Gasteiger partial charge in [-0.15, -0.1) is 0 Å². The van der Waals surface area contributed by atoms with Gasteiger partial charge in [0.1, 0.15) is 5.76 Å². The fraction of sp³-hybridized carbons (Fsp3) is 0.0714. The van der Waals surface area contributed by atoms with Gasteiger partial charge in [0.25, 0.3) is 0 Å². The summed E-state index contributed by atoms with van der Waals surface area (Å²) >= 11 is 7.31. The standard InChI is InChI=1S/C14H10ClN3O2S/c1-9(19)18(16-8-11-3-2-6-20-11)14-17-12-5-4-10(15)7-13(12)21-14/h2-8H,1H3. The van der Waals surface area contributed by atoms with E-state index in [1.165, 1.54) is 29.5 Å². The Morgan fingerprint density at radius 3 is 3.05 bits per heavy atom. The first kappa shape index (κ1) is 13.8. The topological polar surface area (TPSA) is 58.7 Å². The molecule has 0 aliphatic heterocycles. The second-order valence-electron chi connectivity index (χ2n) is 4.20. The van der Waals surface area contributed by atoms with Crippen LogP contribution in [0.3, 0.4) is 0 Å². The maximum atomic E-state index is 11.8. The molecule has 0 fully saturated rings. The highest BCUT2D eigenvalue weighted by atomic mass is 35.5. The van der Waals surface area contributed by atoms with Crippen LogP contribution in [0, 0.1) is 0 Å². The smallest absolute Gasteiger partial charge is 0.246 e. The molecule has 1 amide bonds. The number of halogens is 1. The number of rotatable bonds is 3. The van der Waals surface area contributed by atoms with Gasteiger partial charge in [0.15, 0.2) is 0 Å². The van der Waals surface area contributed by atoms with Crippen LogP contribution in [0.25, 0.3) is 10.2 Å². The Kier molecular flexibility index (Phi) is 3.72. The molecule has 7 heteroatoms. The van der Waals surface area contributed by atoms with Gasteiger partial charge in [-0.25, -0.2) is 4.98 Å². The molecule has 0 aliphatic carbocycles. The number of furan rings is 1. The van der Waals surface area contributed by atoms with Gasteiger partial charge in [-0.3, -0.25) is 4.79 Å². The molecule has 3 rings (SSSR count). The minimum Gasteiger partial charge on any atom is -0.463 e. The van der Waals surface area contributed by atoms with Crippen LogP contribution in [0.1, 0.15) is 12.7 Å². The molecule has 3 aromatic rings. The zero-order valence-electron chi connectivity index (χ0n) is 11.0. The molecule has 21 heavy (non-hydrogen) atoms. The van der Waals surface area contributed by atoms with Crippen molar-refractivity contribution in [3.05, 3.63) is 47.4 Å². The van der Waals surface area contributed by atoms with Crippen LogP contribution in [0.4, 0.5) is 5.13 Å². The zero-order valence-corrected chi connectivity index (χ0v) is 12.6. The molecule has 5 nitrogen and oxygen atoms in total. The maximum Gasteiger partial charge on any atom is 0.246 e. The van der Waals surface area contributed by atoms with E-state index in [1.54, 1.807) is 24.5 Å². The summed E-state index contributed by atoms with van der Waals surface area (Å²) < 4.78 is 6.05. The summed E-state index contributed by atoms with van der Waals surface area (Å²) in [5, 5.41) is 6.49. The van der Waals surface area contributed by atoms with Crippen molar-refractivity contribution in [1.29, 1.82) is 0 Å². The molecule has 2 aromatic heterocycles. The number of amides is 1. The molecule has 0 atom stereocenters. The average Bonchev–Trinajstić information content (AvgIpc) is 3.07. The summed E-state index contributed by atoms with van der Waals surface area (Å²) in [5.74, 6) is 0.327. The molecule has 0 bridgehead atoms.